The molecule has 0 radical (unpaired) electrons. The maximum absolute atomic E-state index is 15.1. The molecule has 178 valence electrons. The average Bonchev–Trinajstić information content (AvgIpc) is 2.82. The van der Waals surface area contributed by atoms with Crippen LogP contribution in [0.4, 0.5) is 22.0 Å². The van der Waals surface area contributed by atoms with Crippen LogP contribution in [0.1, 0.15) is 61.6 Å². The zero-order chi connectivity index (χ0) is 24.3. The molecule has 0 aliphatic heterocycles. The Kier molecular flexibility index (Phi) is 7.11. The molecular formula is C28H25F5O. The van der Waals surface area contributed by atoms with Crippen molar-refractivity contribution in [2.75, 3.05) is 6.61 Å². The quantitative estimate of drug-likeness (QED) is 0.275. The predicted molar refractivity (Wildman–Crippen MR) is 123 cm³/mol. The highest BCUT2D eigenvalue weighted by atomic mass is 19.4. The molecule has 0 spiro atoms. The Morgan fingerprint density at radius 1 is 0.912 bits per heavy atom. The second-order valence-corrected chi connectivity index (χ2v) is 8.83. The van der Waals surface area contributed by atoms with Gasteiger partial charge in [-0.2, -0.15) is 13.2 Å². The van der Waals surface area contributed by atoms with E-state index in [1.165, 1.54) is 30.9 Å². The summed E-state index contributed by atoms with van der Waals surface area (Å²) in [6.45, 7) is 0.655. The van der Waals surface area contributed by atoms with Gasteiger partial charge in [0.2, 0.25) is 0 Å². The van der Waals surface area contributed by atoms with Crippen molar-refractivity contribution in [3.8, 4) is 17.6 Å². The molecule has 1 nitrogen and oxygen atoms in total. The fourth-order valence-corrected chi connectivity index (χ4v) is 4.56. The summed E-state index contributed by atoms with van der Waals surface area (Å²) >= 11 is 0. The van der Waals surface area contributed by atoms with Crippen molar-refractivity contribution in [1.29, 1.82) is 0 Å². The first-order valence-electron chi connectivity index (χ1n) is 11.5. The van der Waals surface area contributed by atoms with E-state index in [9.17, 15) is 17.6 Å². The molecule has 0 N–H and O–H groups in total. The highest BCUT2D eigenvalue weighted by molar-refractivity contribution is 5.85. The van der Waals surface area contributed by atoms with E-state index in [2.05, 4.69) is 29.6 Å². The lowest BCUT2D eigenvalue weighted by Gasteiger charge is -2.28. The standard InChI is InChI=1S/C28H25F5O/c1-2-18-3-7-20(8-4-18)22-12-13-24-23(16-22)11-10-21(27(24)30)9-5-19-6-14-26(25(29)15-19)34-17-28(31,32)33/h6,10-16,18,20H,2-4,7-8,17H2,1H3. The van der Waals surface area contributed by atoms with Gasteiger partial charge >= 0.3 is 6.18 Å². The molecule has 0 bridgehead atoms. The van der Waals surface area contributed by atoms with Crippen LogP contribution in [0.25, 0.3) is 10.8 Å². The second kappa shape index (κ2) is 10.0. The van der Waals surface area contributed by atoms with Crippen LogP contribution < -0.4 is 4.74 Å². The van der Waals surface area contributed by atoms with Crippen molar-refractivity contribution in [2.45, 2.75) is 51.1 Å². The number of ether oxygens (including phenoxy) is 1. The van der Waals surface area contributed by atoms with Gasteiger partial charge < -0.3 is 4.74 Å². The minimum Gasteiger partial charge on any atom is -0.481 e. The number of alkyl halides is 3. The van der Waals surface area contributed by atoms with Gasteiger partial charge in [0.05, 0.1) is 5.56 Å². The zero-order valence-electron chi connectivity index (χ0n) is 18.8. The SMILES string of the molecule is CCC1CCC(c2ccc3c(F)c(C#Cc4ccc(OCC(F)(F)F)c(F)c4)ccc3c2)CC1. The summed E-state index contributed by atoms with van der Waals surface area (Å²) in [5.41, 5.74) is 1.61. The summed E-state index contributed by atoms with van der Waals surface area (Å²) < 4.78 is 70.3. The summed E-state index contributed by atoms with van der Waals surface area (Å²) in [5.74, 6) is 4.77. The smallest absolute Gasteiger partial charge is 0.422 e. The van der Waals surface area contributed by atoms with Crippen LogP contribution in [0.15, 0.2) is 48.5 Å². The summed E-state index contributed by atoms with van der Waals surface area (Å²) in [6, 6.07) is 12.7. The molecule has 1 saturated carbocycles. The molecule has 0 atom stereocenters. The third-order valence-electron chi connectivity index (χ3n) is 6.54. The number of halogens is 5. The van der Waals surface area contributed by atoms with Gasteiger partial charge in [-0.25, -0.2) is 8.78 Å². The van der Waals surface area contributed by atoms with E-state index < -0.39 is 30.2 Å². The topological polar surface area (TPSA) is 9.23 Å². The van der Waals surface area contributed by atoms with Gasteiger partial charge in [-0.1, -0.05) is 49.5 Å². The highest BCUT2D eigenvalue weighted by Gasteiger charge is 2.29. The number of hydrogen-bond donors (Lipinski definition) is 0. The summed E-state index contributed by atoms with van der Waals surface area (Å²) in [6.07, 6.45) is 1.45. The van der Waals surface area contributed by atoms with Crippen LogP contribution in [0.2, 0.25) is 0 Å². The Morgan fingerprint density at radius 2 is 1.68 bits per heavy atom. The van der Waals surface area contributed by atoms with Gasteiger partial charge in [0.25, 0.3) is 0 Å². The summed E-state index contributed by atoms with van der Waals surface area (Å²) in [5, 5.41) is 1.29. The first-order chi connectivity index (χ1) is 16.2. The molecule has 1 aliphatic carbocycles. The van der Waals surface area contributed by atoms with Crippen molar-refractivity contribution in [3.05, 3.63) is 76.9 Å². The number of fused-ring (bicyclic) bond motifs is 1. The second-order valence-electron chi connectivity index (χ2n) is 8.83. The van der Waals surface area contributed by atoms with Gasteiger partial charge in [-0.15, -0.1) is 0 Å². The van der Waals surface area contributed by atoms with Gasteiger partial charge in [0, 0.05) is 10.9 Å². The first kappa shape index (κ1) is 24.1. The lowest BCUT2D eigenvalue weighted by molar-refractivity contribution is -0.153. The van der Waals surface area contributed by atoms with Crippen LogP contribution in [0, 0.1) is 29.4 Å². The zero-order valence-corrected chi connectivity index (χ0v) is 18.8. The van der Waals surface area contributed by atoms with Gasteiger partial charge in [0.15, 0.2) is 18.2 Å². The molecule has 34 heavy (non-hydrogen) atoms. The monoisotopic (exact) mass is 472 g/mol. The molecule has 6 heteroatoms. The maximum atomic E-state index is 15.1. The molecule has 0 aromatic heterocycles. The molecule has 1 fully saturated rings. The predicted octanol–water partition coefficient (Wildman–Crippen LogP) is 8.14. The molecule has 0 saturated heterocycles. The average molecular weight is 472 g/mol. The fourth-order valence-electron chi connectivity index (χ4n) is 4.56. The molecule has 0 heterocycles. The Labute approximate surface area is 195 Å². The van der Waals surface area contributed by atoms with Crippen molar-refractivity contribution in [3.63, 3.8) is 0 Å². The van der Waals surface area contributed by atoms with Crippen LogP contribution in [-0.2, 0) is 0 Å². The number of rotatable bonds is 4. The minimum atomic E-state index is -4.56. The van der Waals surface area contributed by atoms with Crippen molar-refractivity contribution in [2.24, 2.45) is 5.92 Å². The van der Waals surface area contributed by atoms with E-state index in [-0.39, 0.29) is 11.1 Å². The first-order valence-corrected chi connectivity index (χ1v) is 11.5. The van der Waals surface area contributed by atoms with Crippen molar-refractivity contribution < 1.29 is 26.7 Å². The molecule has 0 amide bonds. The van der Waals surface area contributed by atoms with Crippen LogP contribution in [-0.4, -0.2) is 12.8 Å². The van der Waals surface area contributed by atoms with E-state index in [0.29, 0.717) is 11.3 Å². The normalized spacial score (nSPS) is 18.4. The van der Waals surface area contributed by atoms with Crippen molar-refractivity contribution >= 4 is 10.8 Å². The molecular weight excluding hydrogens is 447 g/mol. The summed E-state index contributed by atoms with van der Waals surface area (Å²) in [4.78, 5) is 0. The van der Waals surface area contributed by atoms with Crippen LogP contribution in [0.3, 0.4) is 0 Å². The van der Waals surface area contributed by atoms with Gasteiger partial charge in [-0.05, 0) is 72.7 Å². The molecule has 0 unspecified atom stereocenters. The summed E-state index contributed by atoms with van der Waals surface area (Å²) in [7, 11) is 0. The Morgan fingerprint density at radius 3 is 2.35 bits per heavy atom. The Bertz CT molecular complexity index is 1230. The lowest BCUT2D eigenvalue weighted by Crippen LogP contribution is -2.19. The molecule has 3 aromatic rings. The van der Waals surface area contributed by atoms with Gasteiger partial charge in [-0.3, -0.25) is 0 Å². The van der Waals surface area contributed by atoms with Crippen molar-refractivity contribution in [1.82, 2.24) is 0 Å². The third-order valence-corrected chi connectivity index (χ3v) is 6.54. The van der Waals surface area contributed by atoms with Gasteiger partial charge in [0.1, 0.15) is 5.82 Å². The van der Waals surface area contributed by atoms with E-state index >= 15 is 4.39 Å². The minimum absolute atomic E-state index is 0.168. The van der Waals surface area contributed by atoms with E-state index in [1.807, 2.05) is 12.1 Å². The number of benzene rings is 3. The Balaban J connectivity index is 1.51. The van der Waals surface area contributed by atoms with E-state index in [4.69, 9.17) is 0 Å². The van der Waals surface area contributed by atoms with Crippen LogP contribution >= 0.6 is 0 Å². The van der Waals surface area contributed by atoms with Crippen LogP contribution in [0.5, 0.6) is 5.75 Å². The molecule has 4 rings (SSSR count). The molecule has 1 aliphatic rings. The number of hydrogen-bond acceptors (Lipinski definition) is 1. The lowest BCUT2D eigenvalue weighted by atomic mass is 9.77. The Hall–Kier alpha value is -3.07. The molecule has 3 aromatic carbocycles. The fraction of sp³-hybridized carbons (Fsp3) is 0.357. The maximum Gasteiger partial charge on any atom is 0.422 e. The van der Waals surface area contributed by atoms with E-state index in [0.717, 1.165) is 36.3 Å². The highest BCUT2D eigenvalue weighted by Crippen LogP contribution is 2.38. The largest absolute Gasteiger partial charge is 0.481 e. The van der Waals surface area contributed by atoms with E-state index in [1.54, 1.807) is 12.1 Å². The third kappa shape index (κ3) is 5.70.